The average Bonchev–Trinajstić information content (AvgIpc) is 2.87. The van der Waals surface area contributed by atoms with Crippen LogP contribution in [0.25, 0.3) is 6.08 Å². The van der Waals surface area contributed by atoms with Gasteiger partial charge in [-0.15, -0.1) is 0 Å². The number of esters is 1. The molecule has 25 heavy (non-hydrogen) atoms. The lowest BCUT2D eigenvalue weighted by Gasteiger charge is -2.17. The smallest absolute Gasteiger partial charge is 0.340 e. The minimum atomic E-state index is -0.511. The van der Waals surface area contributed by atoms with Gasteiger partial charge >= 0.3 is 5.97 Å². The Bertz CT molecular complexity index is 877. The zero-order valence-corrected chi connectivity index (χ0v) is 14.4. The van der Waals surface area contributed by atoms with E-state index in [0.29, 0.717) is 16.8 Å². The zero-order valence-electron chi connectivity index (χ0n) is 14.4. The summed E-state index contributed by atoms with van der Waals surface area (Å²) in [5.41, 5.74) is 3.93. The van der Waals surface area contributed by atoms with Gasteiger partial charge in [-0.1, -0.05) is 48.0 Å². The maximum Gasteiger partial charge on any atom is 0.340 e. The van der Waals surface area contributed by atoms with E-state index in [0.717, 1.165) is 16.8 Å². The summed E-state index contributed by atoms with van der Waals surface area (Å²) < 4.78 is 4.91. The number of nitrogens with zero attached hydrogens (tertiary/aromatic N) is 1. The number of hydrogen-bond donors (Lipinski definition) is 0. The first-order valence-corrected chi connectivity index (χ1v) is 8.00. The number of methoxy groups -OCH3 is 1. The fraction of sp³-hybridized carbons (Fsp3) is 0.143. The van der Waals surface area contributed by atoms with Crippen LogP contribution in [-0.2, 0) is 14.3 Å². The van der Waals surface area contributed by atoms with Crippen molar-refractivity contribution in [2.45, 2.75) is 13.8 Å². The van der Waals surface area contributed by atoms with Gasteiger partial charge in [-0.3, -0.25) is 9.69 Å². The highest BCUT2D eigenvalue weighted by Gasteiger charge is 2.37. The predicted octanol–water partition coefficient (Wildman–Crippen LogP) is 3.87. The molecule has 2 aromatic rings. The van der Waals surface area contributed by atoms with Crippen molar-refractivity contribution in [1.82, 2.24) is 0 Å². The van der Waals surface area contributed by atoms with E-state index in [1.54, 1.807) is 17.9 Å². The number of benzene rings is 2. The van der Waals surface area contributed by atoms with Crippen molar-refractivity contribution in [2.24, 2.45) is 0 Å². The highest BCUT2D eigenvalue weighted by molar-refractivity contribution is 6.23. The normalized spacial score (nSPS) is 15.9. The van der Waals surface area contributed by atoms with Crippen LogP contribution in [0.4, 0.5) is 5.69 Å². The van der Waals surface area contributed by atoms with E-state index in [4.69, 9.17) is 4.74 Å². The van der Waals surface area contributed by atoms with Gasteiger partial charge in [0.2, 0.25) is 0 Å². The van der Waals surface area contributed by atoms with E-state index in [2.05, 4.69) is 0 Å². The third kappa shape index (κ3) is 3.11. The van der Waals surface area contributed by atoms with Crippen LogP contribution in [0.5, 0.6) is 0 Å². The molecular weight excluding hydrogens is 314 g/mol. The molecular formula is C21H19NO3. The second-order valence-electron chi connectivity index (χ2n) is 5.90. The van der Waals surface area contributed by atoms with Crippen LogP contribution >= 0.6 is 0 Å². The number of ether oxygens (including phenoxy) is 1. The zero-order chi connectivity index (χ0) is 18.0. The van der Waals surface area contributed by atoms with E-state index in [9.17, 15) is 9.59 Å². The lowest BCUT2D eigenvalue weighted by atomic mass is 10.0. The summed E-state index contributed by atoms with van der Waals surface area (Å²) >= 11 is 0. The average molecular weight is 333 g/mol. The molecule has 0 atom stereocenters. The van der Waals surface area contributed by atoms with Crippen LogP contribution in [-0.4, -0.2) is 19.0 Å². The summed E-state index contributed by atoms with van der Waals surface area (Å²) in [6.45, 7) is 3.76. The number of para-hydroxylation sites is 1. The highest BCUT2D eigenvalue weighted by Crippen LogP contribution is 2.35. The summed E-state index contributed by atoms with van der Waals surface area (Å²) in [7, 11) is 1.32. The first-order chi connectivity index (χ1) is 12.0. The molecule has 0 radical (unpaired) electrons. The van der Waals surface area contributed by atoms with Gasteiger partial charge in [-0.05, 0) is 37.6 Å². The van der Waals surface area contributed by atoms with Crippen molar-refractivity contribution in [2.75, 3.05) is 12.0 Å². The fourth-order valence-corrected chi connectivity index (χ4v) is 2.90. The molecule has 126 valence electrons. The molecule has 3 rings (SSSR count). The lowest BCUT2D eigenvalue weighted by Crippen LogP contribution is -2.24. The van der Waals surface area contributed by atoms with Crippen LogP contribution in [0.1, 0.15) is 18.1 Å². The molecule has 1 aliphatic rings. The van der Waals surface area contributed by atoms with Crippen LogP contribution < -0.4 is 4.90 Å². The maximum absolute atomic E-state index is 13.0. The quantitative estimate of drug-likeness (QED) is 0.633. The molecule has 0 fully saturated rings. The molecule has 0 unspecified atom stereocenters. The Morgan fingerprint density at radius 3 is 2.24 bits per heavy atom. The van der Waals surface area contributed by atoms with Gasteiger partial charge < -0.3 is 4.74 Å². The SMILES string of the molecule is COC(=O)C1=C(C)N(c2ccccc2)C(=O)/C1=C\c1ccc(C)cc1. The molecule has 0 saturated carbocycles. The lowest BCUT2D eigenvalue weighted by molar-refractivity contribution is -0.136. The van der Waals surface area contributed by atoms with E-state index < -0.39 is 5.97 Å². The van der Waals surface area contributed by atoms with Crippen LogP contribution in [0.2, 0.25) is 0 Å². The Morgan fingerprint density at radius 2 is 1.64 bits per heavy atom. The molecule has 0 bridgehead atoms. The molecule has 1 amide bonds. The molecule has 0 saturated heterocycles. The van der Waals surface area contributed by atoms with Crippen molar-refractivity contribution in [1.29, 1.82) is 0 Å². The fourth-order valence-electron chi connectivity index (χ4n) is 2.90. The molecule has 4 nitrogen and oxygen atoms in total. The first kappa shape index (κ1) is 16.7. The number of anilines is 1. The summed E-state index contributed by atoms with van der Waals surface area (Å²) in [4.78, 5) is 26.9. The van der Waals surface area contributed by atoms with Crippen molar-refractivity contribution in [3.63, 3.8) is 0 Å². The second kappa shape index (κ2) is 6.77. The predicted molar refractivity (Wildman–Crippen MR) is 97.8 cm³/mol. The summed E-state index contributed by atoms with van der Waals surface area (Å²) in [6.07, 6.45) is 1.74. The molecule has 0 spiro atoms. The Hall–Kier alpha value is -3.14. The monoisotopic (exact) mass is 333 g/mol. The topological polar surface area (TPSA) is 46.6 Å². The van der Waals surface area contributed by atoms with Gasteiger partial charge in [0, 0.05) is 11.4 Å². The van der Waals surface area contributed by atoms with Crippen LogP contribution in [0.15, 0.2) is 71.4 Å². The molecule has 4 heteroatoms. The second-order valence-corrected chi connectivity index (χ2v) is 5.90. The standard InChI is InChI=1S/C21H19NO3/c1-14-9-11-16(12-10-14)13-18-19(21(24)25-3)15(2)22(20(18)23)17-7-5-4-6-8-17/h4-13H,1-3H3/b18-13-. The Morgan fingerprint density at radius 1 is 1.00 bits per heavy atom. The number of allylic oxidation sites excluding steroid dienone is 1. The van der Waals surface area contributed by atoms with Gasteiger partial charge in [-0.2, -0.15) is 0 Å². The summed E-state index contributed by atoms with van der Waals surface area (Å²) in [5, 5.41) is 0. The molecule has 0 N–H and O–H groups in total. The van der Waals surface area contributed by atoms with E-state index in [1.165, 1.54) is 7.11 Å². The minimum Gasteiger partial charge on any atom is -0.465 e. The number of amides is 1. The first-order valence-electron chi connectivity index (χ1n) is 8.00. The van der Waals surface area contributed by atoms with Gasteiger partial charge in [0.1, 0.15) is 0 Å². The van der Waals surface area contributed by atoms with Gasteiger partial charge in [-0.25, -0.2) is 4.79 Å². The van der Waals surface area contributed by atoms with Gasteiger partial charge in [0.25, 0.3) is 5.91 Å². The number of aryl methyl sites for hydroxylation is 1. The molecule has 1 heterocycles. The minimum absolute atomic E-state index is 0.232. The highest BCUT2D eigenvalue weighted by atomic mass is 16.5. The number of hydrogen-bond acceptors (Lipinski definition) is 3. The number of carbonyl (C=O) groups is 2. The van der Waals surface area contributed by atoms with E-state index in [1.807, 2.05) is 61.5 Å². The Balaban J connectivity index is 2.12. The molecule has 0 aliphatic carbocycles. The Labute approximate surface area is 147 Å². The summed E-state index contributed by atoms with van der Waals surface area (Å²) in [6, 6.07) is 17.1. The van der Waals surface area contributed by atoms with E-state index >= 15 is 0 Å². The third-order valence-corrected chi connectivity index (χ3v) is 4.19. The van der Waals surface area contributed by atoms with Gasteiger partial charge in [0.15, 0.2) is 0 Å². The van der Waals surface area contributed by atoms with Crippen molar-refractivity contribution in [3.8, 4) is 0 Å². The van der Waals surface area contributed by atoms with Crippen molar-refractivity contribution >= 4 is 23.6 Å². The van der Waals surface area contributed by atoms with Gasteiger partial charge in [0.05, 0.1) is 18.3 Å². The Kier molecular flexibility index (Phi) is 4.52. The number of carbonyl (C=O) groups excluding carboxylic acids is 2. The third-order valence-electron chi connectivity index (χ3n) is 4.19. The number of rotatable bonds is 3. The van der Waals surface area contributed by atoms with Crippen molar-refractivity contribution < 1.29 is 14.3 Å². The van der Waals surface area contributed by atoms with Crippen molar-refractivity contribution in [3.05, 3.63) is 82.6 Å². The van der Waals surface area contributed by atoms with E-state index in [-0.39, 0.29) is 5.91 Å². The summed E-state index contributed by atoms with van der Waals surface area (Å²) in [5.74, 6) is -0.743. The molecule has 0 aromatic heterocycles. The molecule has 2 aromatic carbocycles. The maximum atomic E-state index is 13.0. The van der Waals surface area contributed by atoms with Crippen LogP contribution in [0.3, 0.4) is 0 Å². The molecule has 1 aliphatic heterocycles. The van der Waals surface area contributed by atoms with Crippen LogP contribution in [0, 0.1) is 6.92 Å². The largest absolute Gasteiger partial charge is 0.465 e.